The van der Waals surface area contributed by atoms with Crippen molar-refractivity contribution < 1.29 is 4.79 Å². The van der Waals surface area contributed by atoms with E-state index in [4.69, 9.17) is 0 Å². The molecule has 0 radical (unpaired) electrons. The summed E-state index contributed by atoms with van der Waals surface area (Å²) in [5.74, 6) is 0.737. The number of rotatable bonds is 2. The second kappa shape index (κ2) is 4.25. The Morgan fingerprint density at radius 3 is 2.83 bits per heavy atom. The predicted octanol–water partition coefficient (Wildman–Crippen LogP) is 1.71. The van der Waals surface area contributed by atoms with E-state index in [-0.39, 0.29) is 5.91 Å². The Bertz CT molecular complexity index is 589. The fraction of sp³-hybridized carbons (Fsp3) is 0.308. The third kappa shape index (κ3) is 1.77. The molecule has 0 unspecified atom stereocenters. The lowest BCUT2D eigenvalue weighted by molar-refractivity contribution is -0.114. The fourth-order valence-electron chi connectivity index (χ4n) is 2.36. The number of aromatic nitrogens is 3. The van der Waals surface area contributed by atoms with Crippen molar-refractivity contribution in [3.05, 3.63) is 35.8 Å². The molecule has 1 N–H and O–H groups in total. The molecular formula is C13H14N4O. The Morgan fingerprint density at radius 2 is 2.11 bits per heavy atom. The van der Waals surface area contributed by atoms with Gasteiger partial charge in [0, 0.05) is 24.9 Å². The SMILES string of the molecule is CC(=O)Nc1c2c(nn1-c1ccncc1)CCC2. The number of hydrogen-bond donors (Lipinski definition) is 1. The number of aryl methyl sites for hydroxylation is 1. The summed E-state index contributed by atoms with van der Waals surface area (Å²) in [6, 6.07) is 3.76. The molecule has 1 aliphatic rings. The molecule has 2 aromatic rings. The molecule has 0 fully saturated rings. The third-order valence-electron chi connectivity index (χ3n) is 3.11. The summed E-state index contributed by atoms with van der Waals surface area (Å²) in [5, 5.41) is 7.48. The highest BCUT2D eigenvalue weighted by Gasteiger charge is 2.23. The van der Waals surface area contributed by atoms with Crippen LogP contribution in [0.3, 0.4) is 0 Å². The second-order valence-electron chi connectivity index (χ2n) is 4.43. The monoisotopic (exact) mass is 242 g/mol. The zero-order valence-corrected chi connectivity index (χ0v) is 10.2. The lowest BCUT2D eigenvalue weighted by Gasteiger charge is -2.09. The maximum atomic E-state index is 11.3. The first-order chi connectivity index (χ1) is 8.75. The van der Waals surface area contributed by atoms with Gasteiger partial charge in [-0.25, -0.2) is 4.68 Å². The van der Waals surface area contributed by atoms with Gasteiger partial charge >= 0.3 is 0 Å². The summed E-state index contributed by atoms with van der Waals surface area (Å²) >= 11 is 0. The quantitative estimate of drug-likeness (QED) is 0.872. The highest BCUT2D eigenvalue weighted by molar-refractivity contribution is 5.89. The van der Waals surface area contributed by atoms with Crippen molar-refractivity contribution in [3.63, 3.8) is 0 Å². The van der Waals surface area contributed by atoms with E-state index < -0.39 is 0 Å². The van der Waals surface area contributed by atoms with E-state index in [1.54, 1.807) is 17.1 Å². The van der Waals surface area contributed by atoms with Gasteiger partial charge in [0.15, 0.2) is 0 Å². The minimum Gasteiger partial charge on any atom is -0.311 e. The van der Waals surface area contributed by atoms with Crippen LogP contribution < -0.4 is 5.32 Å². The molecule has 0 aromatic carbocycles. The van der Waals surface area contributed by atoms with E-state index in [2.05, 4.69) is 15.4 Å². The minimum atomic E-state index is -0.0695. The number of carbonyl (C=O) groups is 1. The number of anilines is 1. The van der Waals surface area contributed by atoms with Crippen LogP contribution in [0.5, 0.6) is 0 Å². The van der Waals surface area contributed by atoms with Gasteiger partial charge in [-0.3, -0.25) is 9.78 Å². The second-order valence-corrected chi connectivity index (χ2v) is 4.43. The van der Waals surface area contributed by atoms with Gasteiger partial charge in [-0.05, 0) is 31.4 Å². The van der Waals surface area contributed by atoms with Crippen LogP contribution in [-0.4, -0.2) is 20.7 Å². The summed E-state index contributed by atoms with van der Waals surface area (Å²) < 4.78 is 1.80. The fourth-order valence-corrected chi connectivity index (χ4v) is 2.36. The molecule has 92 valence electrons. The van der Waals surface area contributed by atoms with Crippen molar-refractivity contribution in [3.8, 4) is 5.69 Å². The molecule has 0 saturated heterocycles. The van der Waals surface area contributed by atoms with Crippen LogP contribution in [0.4, 0.5) is 5.82 Å². The largest absolute Gasteiger partial charge is 0.311 e. The standard InChI is InChI=1S/C13H14N4O/c1-9(18)15-13-11-3-2-4-12(11)16-17(13)10-5-7-14-8-6-10/h5-8H,2-4H2,1H3,(H,15,18). The first kappa shape index (κ1) is 11.0. The van der Waals surface area contributed by atoms with Gasteiger partial charge in [0.25, 0.3) is 0 Å². The molecule has 1 amide bonds. The van der Waals surface area contributed by atoms with Gasteiger partial charge in [0.05, 0.1) is 11.4 Å². The van der Waals surface area contributed by atoms with Crippen LogP contribution in [0.25, 0.3) is 5.69 Å². The Kier molecular flexibility index (Phi) is 2.59. The van der Waals surface area contributed by atoms with Crippen LogP contribution in [0.15, 0.2) is 24.5 Å². The molecule has 0 spiro atoms. The first-order valence-electron chi connectivity index (χ1n) is 6.04. The minimum absolute atomic E-state index is 0.0695. The molecule has 5 heteroatoms. The smallest absolute Gasteiger partial charge is 0.222 e. The number of carbonyl (C=O) groups excluding carboxylic acids is 1. The molecule has 0 atom stereocenters. The summed E-state index contributed by atoms with van der Waals surface area (Å²) in [6.45, 7) is 1.52. The Balaban J connectivity index is 2.12. The number of nitrogens with one attached hydrogen (secondary N) is 1. The summed E-state index contributed by atoms with van der Waals surface area (Å²) in [4.78, 5) is 15.3. The van der Waals surface area contributed by atoms with Crippen LogP contribution in [0.1, 0.15) is 24.6 Å². The summed E-state index contributed by atoms with van der Waals surface area (Å²) in [5.41, 5.74) is 3.18. The van der Waals surface area contributed by atoms with Crippen molar-refractivity contribution in [2.24, 2.45) is 0 Å². The molecule has 0 aliphatic heterocycles. The zero-order valence-electron chi connectivity index (χ0n) is 10.2. The maximum absolute atomic E-state index is 11.3. The van der Waals surface area contributed by atoms with E-state index in [0.717, 1.165) is 36.5 Å². The van der Waals surface area contributed by atoms with Crippen LogP contribution in [0, 0.1) is 0 Å². The molecule has 1 aliphatic carbocycles. The molecule has 3 rings (SSSR count). The van der Waals surface area contributed by atoms with E-state index in [1.807, 2.05) is 12.1 Å². The van der Waals surface area contributed by atoms with Crippen LogP contribution >= 0.6 is 0 Å². The lowest BCUT2D eigenvalue weighted by Crippen LogP contribution is -2.12. The van der Waals surface area contributed by atoms with Gasteiger partial charge in [0.1, 0.15) is 5.82 Å². The van der Waals surface area contributed by atoms with E-state index in [1.165, 1.54) is 12.5 Å². The molecule has 0 bridgehead atoms. The number of pyridine rings is 1. The molecule has 0 saturated carbocycles. The first-order valence-corrected chi connectivity index (χ1v) is 6.04. The van der Waals surface area contributed by atoms with Crippen LogP contribution in [-0.2, 0) is 17.6 Å². The normalized spacial score (nSPS) is 13.4. The number of nitrogens with zero attached hydrogens (tertiary/aromatic N) is 3. The van der Waals surface area contributed by atoms with Gasteiger partial charge in [-0.2, -0.15) is 5.10 Å². The van der Waals surface area contributed by atoms with Crippen molar-refractivity contribution in [2.75, 3.05) is 5.32 Å². The topological polar surface area (TPSA) is 59.8 Å². The molecular weight excluding hydrogens is 228 g/mol. The lowest BCUT2D eigenvalue weighted by atomic mass is 10.2. The third-order valence-corrected chi connectivity index (χ3v) is 3.11. The number of fused-ring (bicyclic) bond motifs is 1. The highest BCUT2D eigenvalue weighted by Crippen LogP contribution is 2.30. The number of amides is 1. The van der Waals surface area contributed by atoms with Gasteiger partial charge in [-0.15, -0.1) is 0 Å². The van der Waals surface area contributed by atoms with E-state index >= 15 is 0 Å². The molecule has 2 heterocycles. The summed E-state index contributed by atoms with van der Waals surface area (Å²) in [6.07, 6.45) is 6.52. The maximum Gasteiger partial charge on any atom is 0.222 e. The molecule has 18 heavy (non-hydrogen) atoms. The highest BCUT2D eigenvalue weighted by atomic mass is 16.1. The molecule has 2 aromatic heterocycles. The Hall–Kier alpha value is -2.17. The Morgan fingerprint density at radius 1 is 1.33 bits per heavy atom. The number of hydrogen-bond acceptors (Lipinski definition) is 3. The van der Waals surface area contributed by atoms with E-state index in [0.29, 0.717) is 0 Å². The van der Waals surface area contributed by atoms with Crippen molar-refractivity contribution in [1.29, 1.82) is 0 Å². The predicted molar refractivity (Wildman–Crippen MR) is 67.7 cm³/mol. The zero-order chi connectivity index (χ0) is 12.5. The van der Waals surface area contributed by atoms with Crippen LogP contribution in [0.2, 0.25) is 0 Å². The van der Waals surface area contributed by atoms with Crippen molar-refractivity contribution >= 4 is 11.7 Å². The van der Waals surface area contributed by atoms with Crippen molar-refractivity contribution in [1.82, 2.24) is 14.8 Å². The van der Waals surface area contributed by atoms with Gasteiger partial charge < -0.3 is 5.32 Å². The van der Waals surface area contributed by atoms with Gasteiger partial charge in [-0.1, -0.05) is 0 Å². The van der Waals surface area contributed by atoms with Crippen molar-refractivity contribution in [2.45, 2.75) is 26.2 Å². The van der Waals surface area contributed by atoms with Gasteiger partial charge in [0.2, 0.25) is 5.91 Å². The Labute approximate surface area is 105 Å². The summed E-state index contributed by atoms with van der Waals surface area (Å²) in [7, 11) is 0. The molecule has 5 nitrogen and oxygen atoms in total. The average Bonchev–Trinajstić information content (AvgIpc) is 2.93. The van der Waals surface area contributed by atoms with E-state index in [9.17, 15) is 4.79 Å². The average molecular weight is 242 g/mol.